The summed E-state index contributed by atoms with van der Waals surface area (Å²) in [6.45, 7) is 0.325. The predicted octanol–water partition coefficient (Wildman–Crippen LogP) is 5.73. The summed E-state index contributed by atoms with van der Waals surface area (Å²) >= 11 is 1.47. The number of ether oxygens (including phenoxy) is 2. The standard InChI is InChI=1S/C26H20N4O3S/c1-3-9-18(10-4-1)24-19(15-30(29-24)20-11-5-2-6-12-20)17-34-26-28-27-25(33-26)23-16-31-21-13-7-8-14-22(21)32-23/h1-15,23H,16-17H2. The summed E-state index contributed by atoms with van der Waals surface area (Å²) < 4.78 is 19.6. The van der Waals surface area contributed by atoms with E-state index in [1.807, 2.05) is 77.5 Å². The number of benzene rings is 3. The minimum absolute atomic E-state index is 0.325. The van der Waals surface area contributed by atoms with Crippen LogP contribution < -0.4 is 9.47 Å². The van der Waals surface area contributed by atoms with Crippen LogP contribution in [0.4, 0.5) is 0 Å². The van der Waals surface area contributed by atoms with Gasteiger partial charge < -0.3 is 13.9 Å². The predicted molar refractivity (Wildman–Crippen MR) is 128 cm³/mol. The average Bonchev–Trinajstić information content (AvgIpc) is 3.56. The van der Waals surface area contributed by atoms with E-state index in [2.05, 4.69) is 28.5 Å². The zero-order chi connectivity index (χ0) is 22.7. The summed E-state index contributed by atoms with van der Waals surface area (Å²) in [7, 11) is 0. The van der Waals surface area contributed by atoms with Crippen LogP contribution in [-0.2, 0) is 5.75 Å². The first kappa shape index (κ1) is 20.6. The molecule has 3 aromatic carbocycles. The Kier molecular flexibility index (Phi) is 5.48. The first-order chi connectivity index (χ1) is 16.8. The smallest absolute Gasteiger partial charge is 0.277 e. The normalized spacial score (nSPS) is 14.8. The van der Waals surface area contributed by atoms with Crippen molar-refractivity contribution >= 4 is 11.8 Å². The van der Waals surface area contributed by atoms with Gasteiger partial charge in [-0.05, 0) is 24.3 Å². The molecule has 2 aromatic heterocycles. The van der Waals surface area contributed by atoms with Crippen LogP contribution in [0, 0.1) is 0 Å². The maximum absolute atomic E-state index is 5.98. The quantitative estimate of drug-likeness (QED) is 0.295. The fourth-order valence-electron chi connectivity index (χ4n) is 3.76. The highest BCUT2D eigenvalue weighted by Crippen LogP contribution is 2.36. The third-order valence-electron chi connectivity index (χ3n) is 5.42. The van der Waals surface area contributed by atoms with Crippen LogP contribution in [0.2, 0.25) is 0 Å². The molecule has 0 amide bonds. The van der Waals surface area contributed by atoms with Crippen LogP contribution in [0.25, 0.3) is 16.9 Å². The van der Waals surface area contributed by atoms with Gasteiger partial charge in [0.15, 0.2) is 11.5 Å². The lowest BCUT2D eigenvalue weighted by Gasteiger charge is -2.23. The summed E-state index contributed by atoms with van der Waals surface area (Å²) in [5.41, 5.74) is 4.07. The van der Waals surface area contributed by atoms with Gasteiger partial charge >= 0.3 is 0 Å². The molecule has 0 radical (unpaired) electrons. The Labute approximate surface area is 200 Å². The molecule has 1 aliphatic rings. The van der Waals surface area contributed by atoms with Crippen molar-refractivity contribution in [3.63, 3.8) is 0 Å². The fraction of sp³-hybridized carbons (Fsp3) is 0.115. The van der Waals surface area contributed by atoms with Crippen molar-refractivity contribution in [3.8, 4) is 28.4 Å². The molecule has 0 saturated heterocycles. The lowest BCUT2D eigenvalue weighted by atomic mass is 10.1. The van der Waals surface area contributed by atoms with E-state index in [1.165, 1.54) is 11.8 Å². The van der Waals surface area contributed by atoms with Crippen molar-refractivity contribution < 1.29 is 13.9 Å². The Hall–Kier alpha value is -4.04. The van der Waals surface area contributed by atoms with Crippen LogP contribution in [0.1, 0.15) is 17.6 Å². The van der Waals surface area contributed by atoms with Crippen molar-refractivity contribution in [1.82, 2.24) is 20.0 Å². The third-order valence-corrected chi connectivity index (χ3v) is 6.28. The Morgan fingerprint density at radius 1 is 0.853 bits per heavy atom. The first-order valence-corrected chi connectivity index (χ1v) is 11.9. The van der Waals surface area contributed by atoms with Gasteiger partial charge in [0, 0.05) is 23.1 Å². The van der Waals surface area contributed by atoms with E-state index in [9.17, 15) is 0 Å². The maximum Gasteiger partial charge on any atom is 0.277 e. The van der Waals surface area contributed by atoms with E-state index >= 15 is 0 Å². The van der Waals surface area contributed by atoms with Crippen LogP contribution in [-0.4, -0.2) is 26.6 Å². The molecule has 8 heteroatoms. The Morgan fingerprint density at radius 3 is 2.41 bits per heavy atom. The molecule has 168 valence electrons. The van der Waals surface area contributed by atoms with Crippen LogP contribution in [0.15, 0.2) is 101 Å². The molecule has 6 rings (SSSR count). The topological polar surface area (TPSA) is 75.2 Å². The van der Waals surface area contributed by atoms with Gasteiger partial charge in [0.2, 0.25) is 6.10 Å². The van der Waals surface area contributed by atoms with E-state index in [4.69, 9.17) is 19.0 Å². The molecule has 1 aliphatic heterocycles. The number of rotatable bonds is 6. The van der Waals surface area contributed by atoms with Gasteiger partial charge in [0.1, 0.15) is 6.61 Å². The monoisotopic (exact) mass is 468 g/mol. The highest BCUT2D eigenvalue weighted by molar-refractivity contribution is 7.98. The molecule has 0 fully saturated rings. The van der Waals surface area contributed by atoms with E-state index in [1.54, 1.807) is 0 Å². The highest BCUT2D eigenvalue weighted by Gasteiger charge is 2.27. The van der Waals surface area contributed by atoms with Gasteiger partial charge in [-0.25, -0.2) is 4.68 Å². The summed E-state index contributed by atoms with van der Waals surface area (Å²) in [5, 5.41) is 13.7. The van der Waals surface area contributed by atoms with Gasteiger partial charge in [0.25, 0.3) is 11.1 Å². The molecule has 0 aliphatic carbocycles. The lowest BCUT2D eigenvalue weighted by Crippen LogP contribution is -2.21. The molecular formula is C26H20N4O3S. The van der Waals surface area contributed by atoms with Crippen LogP contribution in [0.5, 0.6) is 11.5 Å². The summed E-state index contributed by atoms with van der Waals surface area (Å²) in [6.07, 6.45) is 1.62. The number of hydrogen-bond donors (Lipinski definition) is 0. The Bertz CT molecular complexity index is 1400. The van der Waals surface area contributed by atoms with Gasteiger partial charge in [-0.3, -0.25) is 0 Å². The number of hydrogen-bond acceptors (Lipinski definition) is 7. The molecule has 3 heterocycles. The van der Waals surface area contributed by atoms with Crippen molar-refractivity contribution in [2.45, 2.75) is 17.1 Å². The minimum atomic E-state index is -0.433. The number of thioether (sulfide) groups is 1. The van der Waals surface area contributed by atoms with E-state index in [0.717, 1.165) is 28.3 Å². The van der Waals surface area contributed by atoms with E-state index < -0.39 is 6.10 Å². The lowest BCUT2D eigenvalue weighted by molar-refractivity contribution is 0.0686. The number of fused-ring (bicyclic) bond motifs is 1. The van der Waals surface area contributed by atoms with Crippen molar-refractivity contribution in [2.24, 2.45) is 0 Å². The van der Waals surface area contributed by atoms with E-state index in [0.29, 0.717) is 29.2 Å². The van der Waals surface area contributed by atoms with Gasteiger partial charge in [-0.1, -0.05) is 72.4 Å². The Balaban J connectivity index is 1.22. The largest absolute Gasteiger partial charge is 0.485 e. The first-order valence-electron chi connectivity index (χ1n) is 10.9. The molecule has 1 unspecified atom stereocenters. The molecule has 0 saturated carbocycles. The molecule has 0 spiro atoms. The Morgan fingerprint density at radius 2 is 1.59 bits per heavy atom. The third kappa shape index (κ3) is 4.15. The summed E-state index contributed by atoms with van der Waals surface area (Å²) in [4.78, 5) is 0. The molecule has 0 bridgehead atoms. The summed E-state index contributed by atoms with van der Waals surface area (Å²) in [5.74, 6) is 2.42. The second-order valence-corrected chi connectivity index (χ2v) is 8.63. The molecule has 1 atom stereocenters. The number of aromatic nitrogens is 4. The highest BCUT2D eigenvalue weighted by atomic mass is 32.2. The second kappa shape index (κ2) is 9.07. The average molecular weight is 469 g/mol. The SMILES string of the molecule is c1ccc(-c2nn(-c3ccccc3)cc2CSc2nnc(C3COc4ccccc4O3)o2)cc1. The molecule has 0 N–H and O–H groups in total. The molecule has 34 heavy (non-hydrogen) atoms. The zero-order valence-corrected chi connectivity index (χ0v) is 18.9. The molecule has 7 nitrogen and oxygen atoms in total. The van der Waals surface area contributed by atoms with Crippen molar-refractivity contribution in [1.29, 1.82) is 0 Å². The van der Waals surface area contributed by atoms with Crippen LogP contribution >= 0.6 is 11.8 Å². The number of nitrogens with zero attached hydrogens (tertiary/aromatic N) is 4. The van der Waals surface area contributed by atoms with Crippen molar-refractivity contribution in [2.75, 3.05) is 6.61 Å². The summed E-state index contributed by atoms with van der Waals surface area (Å²) in [6, 6.07) is 27.8. The second-order valence-electron chi connectivity index (χ2n) is 7.71. The zero-order valence-electron chi connectivity index (χ0n) is 18.1. The molecule has 5 aromatic rings. The van der Waals surface area contributed by atoms with Gasteiger partial charge in [-0.2, -0.15) is 5.10 Å². The van der Waals surface area contributed by atoms with E-state index in [-0.39, 0.29) is 0 Å². The molecular weight excluding hydrogens is 448 g/mol. The van der Waals surface area contributed by atoms with Crippen molar-refractivity contribution in [3.05, 3.63) is 103 Å². The van der Waals surface area contributed by atoms with Gasteiger partial charge in [0.05, 0.1) is 11.4 Å². The van der Waals surface area contributed by atoms with Crippen LogP contribution in [0.3, 0.4) is 0 Å². The minimum Gasteiger partial charge on any atom is -0.485 e. The maximum atomic E-state index is 5.98. The van der Waals surface area contributed by atoms with Gasteiger partial charge in [-0.15, -0.1) is 10.2 Å². The fourth-order valence-corrected chi connectivity index (χ4v) is 4.49. The number of para-hydroxylation sites is 3.